The van der Waals surface area contributed by atoms with Crippen LogP contribution in [-0.2, 0) is 9.53 Å². The van der Waals surface area contributed by atoms with Crippen LogP contribution in [-0.4, -0.2) is 34.4 Å². The minimum absolute atomic E-state index is 0.0513. The highest BCUT2D eigenvalue weighted by molar-refractivity contribution is 6.00. The molecule has 0 aliphatic carbocycles. The molecule has 1 heterocycles. The second-order valence-electron chi connectivity index (χ2n) is 7.42. The van der Waals surface area contributed by atoms with Crippen LogP contribution in [0.1, 0.15) is 83.3 Å². The van der Waals surface area contributed by atoms with E-state index in [4.69, 9.17) is 4.74 Å². The number of anilines is 1. The molecule has 162 valence electrons. The van der Waals surface area contributed by atoms with Gasteiger partial charge in [-0.3, -0.25) is 9.59 Å². The largest absolute Gasteiger partial charge is 0.453 e. The van der Waals surface area contributed by atoms with Crippen molar-refractivity contribution in [1.29, 1.82) is 0 Å². The zero-order valence-electron chi connectivity index (χ0n) is 18.0. The van der Waals surface area contributed by atoms with Gasteiger partial charge in [-0.1, -0.05) is 19.8 Å². The maximum atomic E-state index is 12.3. The number of aliphatic hydroxyl groups is 1. The number of aryl methyl sites for hydroxylation is 1. The number of hydrogen-bond acceptors (Lipinski definition) is 5. The quantitative estimate of drug-likeness (QED) is 0.306. The van der Waals surface area contributed by atoms with Gasteiger partial charge in [0.25, 0.3) is 0 Å². The number of nitrogens with one attached hydrogen (secondary N) is 2. The zero-order chi connectivity index (χ0) is 22.3. The van der Waals surface area contributed by atoms with Crippen molar-refractivity contribution < 1.29 is 24.2 Å². The number of carbonyl (C=O) groups is 3. The molecule has 0 spiro atoms. The Kier molecular flexibility index (Phi) is 8.35. The fraction of sp³-hybridized carbons (Fsp3) is 0.435. The first-order valence-electron chi connectivity index (χ1n) is 10.2. The third-order valence-corrected chi connectivity index (χ3v) is 4.95. The molecule has 0 radical (unpaired) electrons. The van der Waals surface area contributed by atoms with Gasteiger partial charge in [0.15, 0.2) is 12.4 Å². The molecule has 1 amide bonds. The standard InChI is InChI=1S/C23H30N2O5/c1-5-6-7-8-20(28)25-18-11-9-17(10-12-18)19(27)13-30-23(29)22-14(2)21(16(4)26)15(3)24-22/h9-12,16,24,26H,5-8,13H2,1-4H3,(H,25,28)/t16-/m1/s1. The van der Waals surface area contributed by atoms with E-state index in [1.807, 2.05) is 0 Å². The monoisotopic (exact) mass is 414 g/mol. The maximum Gasteiger partial charge on any atom is 0.355 e. The summed E-state index contributed by atoms with van der Waals surface area (Å²) in [6.45, 7) is 6.79. The number of amides is 1. The molecule has 0 aliphatic rings. The number of aliphatic hydroxyl groups excluding tert-OH is 1. The molecule has 0 aliphatic heterocycles. The van der Waals surface area contributed by atoms with Crippen molar-refractivity contribution in [3.63, 3.8) is 0 Å². The van der Waals surface area contributed by atoms with Crippen LogP contribution in [0, 0.1) is 13.8 Å². The molecule has 1 atom stereocenters. The summed E-state index contributed by atoms with van der Waals surface area (Å²) < 4.78 is 5.15. The number of aromatic amines is 1. The van der Waals surface area contributed by atoms with Crippen molar-refractivity contribution in [3.8, 4) is 0 Å². The van der Waals surface area contributed by atoms with Crippen LogP contribution in [0.25, 0.3) is 0 Å². The van der Waals surface area contributed by atoms with Crippen molar-refractivity contribution in [1.82, 2.24) is 4.98 Å². The summed E-state index contributed by atoms with van der Waals surface area (Å²) in [5.41, 5.74) is 3.19. The maximum absolute atomic E-state index is 12.3. The number of unbranched alkanes of at least 4 members (excludes halogenated alkanes) is 2. The van der Waals surface area contributed by atoms with Crippen LogP contribution >= 0.6 is 0 Å². The lowest BCUT2D eigenvalue weighted by molar-refractivity contribution is -0.116. The molecule has 1 aromatic heterocycles. The van der Waals surface area contributed by atoms with Crippen molar-refractivity contribution in [2.45, 2.75) is 59.5 Å². The molecule has 0 saturated heterocycles. The lowest BCUT2D eigenvalue weighted by Crippen LogP contribution is -2.15. The van der Waals surface area contributed by atoms with E-state index >= 15 is 0 Å². The summed E-state index contributed by atoms with van der Waals surface area (Å²) in [7, 11) is 0. The average Bonchev–Trinajstić information content (AvgIpc) is 3.01. The van der Waals surface area contributed by atoms with Gasteiger partial charge >= 0.3 is 5.97 Å². The van der Waals surface area contributed by atoms with Gasteiger partial charge in [-0.2, -0.15) is 0 Å². The van der Waals surface area contributed by atoms with Crippen LogP contribution in [0.4, 0.5) is 5.69 Å². The van der Waals surface area contributed by atoms with Crippen LogP contribution in [0.3, 0.4) is 0 Å². The third kappa shape index (κ3) is 6.03. The summed E-state index contributed by atoms with van der Waals surface area (Å²) in [5, 5.41) is 12.6. The average molecular weight is 415 g/mol. The van der Waals surface area contributed by atoms with E-state index in [-0.39, 0.29) is 17.4 Å². The number of ether oxygens (including phenoxy) is 1. The van der Waals surface area contributed by atoms with Crippen molar-refractivity contribution >= 4 is 23.3 Å². The zero-order valence-corrected chi connectivity index (χ0v) is 18.0. The van der Waals surface area contributed by atoms with Crippen LogP contribution in [0.2, 0.25) is 0 Å². The first-order chi connectivity index (χ1) is 14.2. The van der Waals surface area contributed by atoms with Crippen LogP contribution < -0.4 is 5.32 Å². The summed E-state index contributed by atoms with van der Waals surface area (Å²) >= 11 is 0. The SMILES string of the molecule is CCCCCC(=O)Nc1ccc(C(=O)COC(=O)c2[nH]c(C)c([C@@H](C)O)c2C)cc1. The Labute approximate surface area is 176 Å². The molecule has 1 aromatic carbocycles. The van der Waals surface area contributed by atoms with E-state index < -0.39 is 18.7 Å². The van der Waals surface area contributed by atoms with E-state index in [1.165, 1.54) is 0 Å². The molecule has 7 heteroatoms. The smallest absolute Gasteiger partial charge is 0.355 e. The van der Waals surface area contributed by atoms with E-state index in [0.29, 0.717) is 34.5 Å². The van der Waals surface area contributed by atoms with E-state index in [2.05, 4.69) is 17.2 Å². The minimum Gasteiger partial charge on any atom is -0.453 e. The molecule has 0 saturated carbocycles. The molecular weight excluding hydrogens is 384 g/mol. The highest BCUT2D eigenvalue weighted by Crippen LogP contribution is 2.25. The van der Waals surface area contributed by atoms with E-state index in [1.54, 1.807) is 45.0 Å². The lowest BCUT2D eigenvalue weighted by atomic mass is 10.1. The summed E-state index contributed by atoms with van der Waals surface area (Å²) in [4.78, 5) is 39.5. The molecule has 0 fully saturated rings. The Morgan fingerprint density at radius 3 is 2.37 bits per heavy atom. The van der Waals surface area contributed by atoms with Gasteiger partial charge in [0.2, 0.25) is 5.91 Å². The van der Waals surface area contributed by atoms with Gasteiger partial charge in [-0.15, -0.1) is 0 Å². The molecule has 7 nitrogen and oxygen atoms in total. The van der Waals surface area contributed by atoms with Crippen molar-refractivity contribution in [3.05, 3.63) is 52.3 Å². The second-order valence-corrected chi connectivity index (χ2v) is 7.42. The Hall–Kier alpha value is -2.93. The summed E-state index contributed by atoms with van der Waals surface area (Å²) in [5.74, 6) is -1.04. The predicted molar refractivity (Wildman–Crippen MR) is 115 cm³/mol. The number of Topliss-reactive ketones (excluding diaryl/α,β-unsaturated/α-hetero) is 1. The molecule has 3 N–H and O–H groups in total. The van der Waals surface area contributed by atoms with Crippen molar-refractivity contribution in [2.24, 2.45) is 0 Å². The van der Waals surface area contributed by atoms with E-state index in [0.717, 1.165) is 19.3 Å². The fourth-order valence-corrected chi connectivity index (χ4v) is 3.38. The van der Waals surface area contributed by atoms with Gasteiger partial charge in [-0.05, 0) is 57.0 Å². The second kappa shape index (κ2) is 10.7. The highest BCUT2D eigenvalue weighted by atomic mass is 16.5. The molecule has 0 bridgehead atoms. The Balaban J connectivity index is 1.91. The molecular formula is C23H30N2O5. The first-order valence-corrected chi connectivity index (χ1v) is 10.2. The molecule has 2 aromatic rings. The number of ketones is 1. The fourth-order valence-electron chi connectivity index (χ4n) is 3.38. The van der Waals surface area contributed by atoms with Gasteiger partial charge < -0.3 is 20.1 Å². The van der Waals surface area contributed by atoms with Gasteiger partial charge in [0, 0.05) is 28.9 Å². The van der Waals surface area contributed by atoms with Crippen LogP contribution in [0.5, 0.6) is 0 Å². The van der Waals surface area contributed by atoms with Gasteiger partial charge in [0.05, 0.1) is 6.10 Å². The van der Waals surface area contributed by atoms with E-state index in [9.17, 15) is 19.5 Å². The number of aromatic nitrogens is 1. The Bertz CT molecular complexity index is 897. The Morgan fingerprint density at radius 2 is 1.80 bits per heavy atom. The Morgan fingerprint density at radius 1 is 1.13 bits per heavy atom. The summed E-state index contributed by atoms with van der Waals surface area (Å²) in [6.07, 6.45) is 2.68. The number of hydrogen-bond donors (Lipinski definition) is 3. The lowest BCUT2D eigenvalue weighted by Gasteiger charge is -2.07. The first kappa shape index (κ1) is 23.3. The normalized spacial score (nSPS) is 11.8. The predicted octanol–water partition coefficient (Wildman–Crippen LogP) is 4.24. The molecule has 0 unspecified atom stereocenters. The number of esters is 1. The number of rotatable bonds is 10. The summed E-state index contributed by atoms with van der Waals surface area (Å²) in [6, 6.07) is 6.49. The number of benzene rings is 1. The number of H-pyrrole nitrogens is 1. The van der Waals surface area contributed by atoms with Crippen molar-refractivity contribution in [2.75, 3.05) is 11.9 Å². The van der Waals surface area contributed by atoms with Gasteiger partial charge in [-0.25, -0.2) is 4.79 Å². The number of carbonyl (C=O) groups excluding carboxylic acids is 3. The third-order valence-electron chi connectivity index (χ3n) is 4.95. The molecule has 30 heavy (non-hydrogen) atoms. The highest BCUT2D eigenvalue weighted by Gasteiger charge is 2.21. The topological polar surface area (TPSA) is 108 Å². The van der Waals surface area contributed by atoms with Gasteiger partial charge in [0.1, 0.15) is 5.69 Å². The molecule has 2 rings (SSSR count). The minimum atomic E-state index is -0.713. The van der Waals surface area contributed by atoms with Crippen LogP contribution in [0.15, 0.2) is 24.3 Å².